The summed E-state index contributed by atoms with van der Waals surface area (Å²) in [5, 5.41) is 6.23. The van der Waals surface area contributed by atoms with Crippen LogP contribution in [0, 0.1) is 5.41 Å². The van der Waals surface area contributed by atoms with Gasteiger partial charge in [-0.1, -0.05) is 42.5 Å². The van der Waals surface area contributed by atoms with Crippen molar-refractivity contribution in [1.82, 2.24) is 5.32 Å². The molecule has 0 heterocycles. The molecule has 0 saturated heterocycles. The Kier molecular flexibility index (Phi) is 2.87. The Morgan fingerprint density at radius 2 is 1.83 bits per heavy atom. The standard InChI is InChI=1S/C17H21N/c1-13(18-2)17(10-11-17)12-15-8-5-7-14-6-3-4-9-16(14)15/h3-9,13,18H,10-12H2,1-2H3. The maximum absolute atomic E-state index is 3.44. The Morgan fingerprint density at radius 1 is 1.11 bits per heavy atom. The molecule has 1 atom stereocenters. The predicted octanol–water partition coefficient (Wildman–Crippen LogP) is 3.77. The highest BCUT2D eigenvalue weighted by atomic mass is 14.9. The van der Waals surface area contributed by atoms with Crippen molar-refractivity contribution >= 4 is 10.8 Å². The van der Waals surface area contributed by atoms with Crippen LogP contribution in [0.15, 0.2) is 42.5 Å². The lowest BCUT2D eigenvalue weighted by Gasteiger charge is -2.23. The van der Waals surface area contributed by atoms with Crippen molar-refractivity contribution in [2.45, 2.75) is 32.2 Å². The van der Waals surface area contributed by atoms with Gasteiger partial charge in [0, 0.05) is 6.04 Å². The molecular formula is C17H21N. The summed E-state index contributed by atoms with van der Waals surface area (Å²) in [6, 6.07) is 16.0. The normalized spacial score (nSPS) is 18.8. The molecule has 1 heteroatoms. The van der Waals surface area contributed by atoms with E-state index in [9.17, 15) is 0 Å². The van der Waals surface area contributed by atoms with E-state index in [0.717, 1.165) is 0 Å². The number of hydrogen-bond acceptors (Lipinski definition) is 1. The summed E-state index contributed by atoms with van der Waals surface area (Å²) in [4.78, 5) is 0. The van der Waals surface area contributed by atoms with Crippen LogP contribution < -0.4 is 5.32 Å². The van der Waals surface area contributed by atoms with Gasteiger partial charge < -0.3 is 5.32 Å². The van der Waals surface area contributed by atoms with Crippen LogP contribution in [0.3, 0.4) is 0 Å². The van der Waals surface area contributed by atoms with E-state index >= 15 is 0 Å². The maximum atomic E-state index is 3.44. The fourth-order valence-corrected chi connectivity index (χ4v) is 3.06. The molecule has 1 aliphatic rings. The first-order valence-corrected chi connectivity index (χ1v) is 6.89. The number of fused-ring (bicyclic) bond motifs is 1. The molecule has 1 N–H and O–H groups in total. The molecule has 0 amide bonds. The lowest BCUT2D eigenvalue weighted by molar-refractivity contribution is 0.370. The minimum Gasteiger partial charge on any atom is -0.317 e. The molecule has 1 nitrogen and oxygen atoms in total. The van der Waals surface area contributed by atoms with Crippen LogP contribution in [0.25, 0.3) is 10.8 Å². The molecule has 2 aromatic rings. The second-order valence-corrected chi connectivity index (χ2v) is 5.69. The SMILES string of the molecule is CNC(C)C1(Cc2cccc3ccccc23)CC1. The quantitative estimate of drug-likeness (QED) is 0.856. The molecule has 18 heavy (non-hydrogen) atoms. The first-order chi connectivity index (χ1) is 8.75. The van der Waals surface area contributed by atoms with Gasteiger partial charge in [0.1, 0.15) is 0 Å². The fourth-order valence-electron chi connectivity index (χ4n) is 3.06. The van der Waals surface area contributed by atoms with E-state index in [1.54, 1.807) is 0 Å². The topological polar surface area (TPSA) is 12.0 Å². The molecular weight excluding hydrogens is 218 g/mol. The van der Waals surface area contributed by atoms with Crippen molar-refractivity contribution in [2.24, 2.45) is 5.41 Å². The molecule has 2 aromatic carbocycles. The van der Waals surface area contributed by atoms with Crippen LogP contribution in [0.1, 0.15) is 25.3 Å². The first kappa shape index (κ1) is 11.7. The van der Waals surface area contributed by atoms with Crippen molar-refractivity contribution in [1.29, 1.82) is 0 Å². The van der Waals surface area contributed by atoms with E-state index in [1.807, 2.05) is 0 Å². The largest absolute Gasteiger partial charge is 0.317 e. The number of hydrogen-bond donors (Lipinski definition) is 1. The third kappa shape index (κ3) is 1.93. The lowest BCUT2D eigenvalue weighted by Crippen LogP contribution is -2.33. The Morgan fingerprint density at radius 3 is 2.56 bits per heavy atom. The van der Waals surface area contributed by atoms with Gasteiger partial charge in [0.2, 0.25) is 0 Å². The van der Waals surface area contributed by atoms with Gasteiger partial charge in [-0.3, -0.25) is 0 Å². The Balaban J connectivity index is 1.96. The summed E-state index contributed by atoms with van der Waals surface area (Å²) in [5.41, 5.74) is 2.01. The van der Waals surface area contributed by atoms with Crippen LogP contribution in [0.2, 0.25) is 0 Å². The Hall–Kier alpha value is -1.34. The highest BCUT2D eigenvalue weighted by Crippen LogP contribution is 2.51. The van der Waals surface area contributed by atoms with Gasteiger partial charge in [0.25, 0.3) is 0 Å². The van der Waals surface area contributed by atoms with Gasteiger partial charge >= 0.3 is 0 Å². The summed E-state index contributed by atoms with van der Waals surface area (Å²) >= 11 is 0. The maximum Gasteiger partial charge on any atom is 0.00953 e. The Bertz CT molecular complexity index is 549. The van der Waals surface area contributed by atoms with Crippen LogP contribution in [0.4, 0.5) is 0 Å². The summed E-state index contributed by atoms with van der Waals surface area (Å²) < 4.78 is 0. The van der Waals surface area contributed by atoms with Gasteiger partial charge in [-0.2, -0.15) is 0 Å². The average Bonchev–Trinajstić information content (AvgIpc) is 3.19. The summed E-state index contributed by atoms with van der Waals surface area (Å²) in [5.74, 6) is 0. The molecule has 94 valence electrons. The lowest BCUT2D eigenvalue weighted by atomic mass is 9.88. The average molecular weight is 239 g/mol. The van der Waals surface area contributed by atoms with Gasteiger partial charge in [-0.15, -0.1) is 0 Å². The smallest absolute Gasteiger partial charge is 0.00953 e. The molecule has 1 unspecified atom stereocenters. The van der Waals surface area contributed by atoms with Crippen molar-refractivity contribution < 1.29 is 0 Å². The molecule has 0 bridgehead atoms. The number of rotatable bonds is 4. The molecule has 3 rings (SSSR count). The van der Waals surface area contributed by atoms with E-state index in [-0.39, 0.29) is 0 Å². The third-order valence-corrected chi connectivity index (χ3v) is 4.67. The molecule has 1 aliphatic carbocycles. The fraction of sp³-hybridized carbons (Fsp3) is 0.412. The zero-order chi connectivity index (χ0) is 12.6. The molecule has 1 saturated carbocycles. The predicted molar refractivity (Wildman–Crippen MR) is 77.8 cm³/mol. The number of benzene rings is 2. The third-order valence-electron chi connectivity index (χ3n) is 4.67. The monoisotopic (exact) mass is 239 g/mol. The Labute approximate surface area is 109 Å². The van der Waals surface area contributed by atoms with Crippen molar-refractivity contribution in [3.05, 3.63) is 48.0 Å². The van der Waals surface area contributed by atoms with Crippen LogP contribution in [-0.4, -0.2) is 13.1 Å². The van der Waals surface area contributed by atoms with E-state index in [0.29, 0.717) is 11.5 Å². The van der Waals surface area contributed by atoms with Crippen molar-refractivity contribution in [2.75, 3.05) is 7.05 Å². The highest BCUT2D eigenvalue weighted by Gasteiger charge is 2.46. The van der Waals surface area contributed by atoms with Gasteiger partial charge in [0.15, 0.2) is 0 Å². The van der Waals surface area contributed by atoms with Gasteiger partial charge in [-0.25, -0.2) is 0 Å². The van der Waals surface area contributed by atoms with Gasteiger partial charge in [-0.05, 0) is 55.0 Å². The van der Waals surface area contributed by atoms with E-state index in [2.05, 4.69) is 61.8 Å². The number of nitrogens with one attached hydrogen (secondary N) is 1. The van der Waals surface area contributed by atoms with Crippen molar-refractivity contribution in [3.63, 3.8) is 0 Å². The highest BCUT2D eigenvalue weighted by molar-refractivity contribution is 5.85. The summed E-state index contributed by atoms with van der Waals surface area (Å²) in [6.07, 6.45) is 3.92. The molecule has 0 aromatic heterocycles. The molecule has 0 radical (unpaired) electrons. The minimum atomic E-state index is 0.499. The summed E-state index contributed by atoms with van der Waals surface area (Å²) in [7, 11) is 2.08. The zero-order valence-electron chi connectivity index (χ0n) is 11.2. The van der Waals surface area contributed by atoms with E-state index in [1.165, 1.54) is 35.6 Å². The van der Waals surface area contributed by atoms with Crippen LogP contribution in [-0.2, 0) is 6.42 Å². The van der Waals surface area contributed by atoms with Crippen LogP contribution in [0.5, 0.6) is 0 Å². The molecule has 1 fully saturated rings. The zero-order valence-corrected chi connectivity index (χ0v) is 11.2. The van der Waals surface area contributed by atoms with E-state index < -0.39 is 0 Å². The minimum absolute atomic E-state index is 0.499. The van der Waals surface area contributed by atoms with Crippen molar-refractivity contribution in [3.8, 4) is 0 Å². The van der Waals surface area contributed by atoms with Gasteiger partial charge in [0.05, 0.1) is 0 Å². The van der Waals surface area contributed by atoms with E-state index in [4.69, 9.17) is 0 Å². The van der Waals surface area contributed by atoms with Crippen LogP contribution >= 0.6 is 0 Å². The molecule has 0 spiro atoms. The second-order valence-electron chi connectivity index (χ2n) is 5.69. The first-order valence-electron chi connectivity index (χ1n) is 6.89. The molecule has 0 aliphatic heterocycles. The second kappa shape index (κ2) is 4.40. The summed E-state index contributed by atoms with van der Waals surface area (Å²) in [6.45, 7) is 2.32.